The lowest BCUT2D eigenvalue weighted by Crippen LogP contribution is -2.42. The minimum atomic E-state index is -0.795. The maximum absolute atomic E-state index is 12.0. The third kappa shape index (κ3) is 2.99. The van der Waals surface area contributed by atoms with Crippen LogP contribution in [-0.2, 0) is 19.1 Å². The summed E-state index contributed by atoms with van der Waals surface area (Å²) in [5, 5.41) is 0. The molecule has 1 saturated heterocycles. The van der Waals surface area contributed by atoms with E-state index in [1.54, 1.807) is 13.8 Å². The highest BCUT2D eigenvalue weighted by Gasteiger charge is 2.44. The zero-order chi connectivity index (χ0) is 13.3. The highest BCUT2D eigenvalue weighted by atomic mass is 16.6. The Kier molecular flexibility index (Phi) is 3.84. The quantitative estimate of drug-likeness (QED) is 0.710. The Hall–Kier alpha value is -1.06. The minimum absolute atomic E-state index is 0.260. The van der Waals surface area contributed by atoms with Crippen molar-refractivity contribution in [1.29, 1.82) is 0 Å². The number of hydrogen-bond acceptors (Lipinski definition) is 4. The highest BCUT2D eigenvalue weighted by Crippen LogP contribution is 2.33. The summed E-state index contributed by atoms with van der Waals surface area (Å²) in [6, 6.07) is 0. The molecular weight excluding hydrogens is 220 g/mol. The number of carbonyl (C=O) groups is 2. The summed E-state index contributed by atoms with van der Waals surface area (Å²) in [5.41, 5.74) is -1.31. The average Bonchev–Trinajstić information content (AvgIpc) is 2.64. The van der Waals surface area contributed by atoms with E-state index in [0.29, 0.717) is 19.4 Å². The summed E-state index contributed by atoms with van der Waals surface area (Å²) in [4.78, 5) is 23.5. The van der Waals surface area contributed by atoms with Gasteiger partial charge in [-0.25, -0.2) is 0 Å². The van der Waals surface area contributed by atoms with E-state index in [9.17, 15) is 9.59 Å². The third-order valence-corrected chi connectivity index (χ3v) is 3.57. The molecule has 0 spiro atoms. The fourth-order valence-corrected chi connectivity index (χ4v) is 1.72. The molecule has 17 heavy (non-hydrogen) atoms. The number of cyclic esters (lactones) is 1. The number of rotatable bonds is 4. The summed E-state index contributed by atoms with van der Waals surface area (Å²) in [6.45, 7) is 9.60. The summed E-state index contributed by atoms with van der Waals surface area (Å²) >= 11 is 0. The van der Waals surface area contributed by atoms with Crippen LogP contribution >= 0.6 is 0 Å². The molecule has 1 aliphatic rings. The summed E-state index contributed by atoms with van der Waals surface area (Å²) in [5.74, 6) is -0.874. The molecule has 0 saturated carbocycles. The zero-order valence-corrected chi connectivity index (χ0v) is 11.3. The molecule has 98 valence electrons. The van der Waals surface area contributed by atoms with Crippen molar-refractivity contribution in [3.63, 3.8) is 0 Å². The first-order valence-corrected chi connectivity index (χ1v) is 6.11. The van der Waals surface area contributed by atoms with Crippen LogP contribution < -0.4 is 0 Å². The normalized spacial score (nSPS) is 21.2. The molecule has 0 aromatic heterocycles. The molecule has 0 amide bonds. The Labute approximate surface area is 103 Å². The molecule has 1 heterocycles. The van der Waals surface area contributed by atoms with Gasteiger partial charge in [-0.15, -0.1) is 0 Å². The van der Waals surface area contributed by atoms with E-state index < -0.39 is 11.0 Å². The summed E-state index contributed by atoms with van der Waals surface area (Å²) in [6.07, 6.45) is 1.32. The maximum Gasteiger partial charge on any atom is 0.313 e. The summed E-state index contributed by atoms with van der Waals surface area (Å²) < 4.78 is 10.4. The molecule has 1 fully saturated rings. The second-order valence-corrected chi connectivity index (χ2v) is 5.74. The van der Waals surface area contributed by atoms with Crippen LogP contribution in [0.15, 0.2) is 0 Å². The second-order valence-electron chi connectivity index (χ2n) is 5.74. The van der Waals surface area contributed by atoms with Crippen LogP contribution in [0.2, 0.25) is 0 Å². The molecule has 0 N–H and O–H groups in total. The lowest BCUT2D eigenvalue weighted by Gasteiger charge is -2.32. The Morgan fingerprint density at radius 2 is 2.00 bits per heavy atom. The van der Waals surface area contributed by atoms with Gasteiger partial charge in [-0.3, -0.25) is 9.59 Å². The zero-order valence-electron chi connectivity index (χ0n) is 11.3. The maximum atomic E-state index is 12.0. The van der Waals surface area contributed by atoms with E-state index in [4.69, 9.17) is 9.47 Å². The van der Waals surface area contributed by atoms with Crippen LogP contribution in [0.5, 0.6) is 0 Å². The molecule has 1 rings (SSSR count). The van der Waals surface area contributed by atoms with Crippen molar-refractivity contribution in [2.75, 3.05) is 6.61 Å². The van der Waals surface area contributed by atoms with Gasteiger partial charge in [0.25, 0.3) is 0 Å². The van der Waals surface area contributed by atoms with Gasteiger partial charge in [0.15, 0.2) is 0 Å². The fraction of sp³-hybridized carbons (Fsp3) is 0.846. The smallest absolute Gasteiger partial charge is 0.313 e. The van der Waals surface area contributed by atoms with E-state index in [1.165, 1.54) is 0 Å². The van der Waals surface area contributed by atoms with Gasteiger partial charge in [-0.1, -0.05) is 6.92 Å². The molecule has 0 radical (unpaired) electrons. The van der Waals surface area contributed by atoms with Gasteiger partial charge in [0.2, 0.25) is 0 Å². The third-order valence-electron chi connectivity index (χ3n) is 3.57. The van der Waals surface area contributed by atoms with Crippen molar-refractivity contribution < 1.29 is 19.1 Å². The molecule has 0 aromatic carbocycles. The molecule has 0 aliphatic carbocycles. The molecule has 0 bridgehead atoms. The number of hydrogen-bond donors (Lipinski definition) is 0. The van der Waals surface area contributed by atoms with Crippen molar-refractivity contribution in [2.24, 2.45) is 11.3 Å². The number of ether oxygens (including phenoxy) is 2. The van der Waals surface area contributed by atoms with Crippen molar-refractivity contribution in [2.45, 2.75) is 53.1 Å². The van der Waals surface area contributed by atoms with Gasteiger partial charge >= 0.3 is 11.9 Å². The monoisotopic (exact) mass is 242 g/mol. The van der Waals surface area contributed by atoms with Crippen molar-refractivity contribution in [1.82, 2.24) is 0 Å². The predicted octanol–water partition coefficient (Wildman–Crippen LogP) is 2.31. The van der Waals surface area contributed by atoms with Gasteiger partial charge in [-0.05, 0) is 40.5 Å². The highest BCUT2D eigenvalue weighted by molar-refractivity contribution is 5.79. The Bertz CT molecular complexity index is 317. The van der Waals surface area contributed by atoms with Crippen LogP contribution in [0, 0.1) is 11.3 Å². The van der Waals surface area contributed by atoms with E-state index >= 15 is 0 Å². The van der Waals surface area contributed by atoms with Crippen molar-refractivity contribution in [3.8, 4) is 0 Å². The summed E-state index contributed by atoms with van der Waals surface area (Å²) in [7, 11) is 0. The minimum Gasteiger partial charge on any atom is -0.465 e. The average molecular weight is 242 g/mol. The Morgan fingerprint density at radius 1 is 1.41 bits per heavy atom. The van der Waals surface area contributed by atoms with E-state index in [-0.39, 0.29) is 17.9 Å². The Balaban J connectivity index is 2.72. The van der Waals surface area contributed by atoms with Crippen LogP contribution in [0.4, 0.5) is 0 Å². The van der Waals surface area contributed by atoms with Crippen molar-refractivity contribution >= 4 is 11.9 Å². The number of carbonyl (C=O) groups excluding carboxylic acids is 2. The van der Waals surface area contributed by atoms with Crippen molar-refractivity contribution in [3.05, 3.63) is 0 Å². The first-order chi connectivity index (χ1) is 7.70. The van der Waals surface area contributed by atoms with E-state index in [1.807, 2.05) is 20.8 Å². The van der Waals surface area contributed by atoms with Gasteiger partial charge in [0.1, 0.15) is 5.60 Å². The van der Waals surface area contributed by atoms with Gasteiger partial charge in [-0.2, -0.15) is 0 Å². The molecule has 4 nitrogen and oxygen atoms in total. The first-order valence-electron chi connectivity index (χ1n) is 6.11. The topological polar surface area (TPSA) is 52.6 Å². The SMILES string of the molecule is CCC(C)(C)C(=O)OC(C)(C)C1CCOC1=O. The van der Waals surface area contributed by atoms with Crippen LogP contribution in [0.25, 0.3) is 0 Å². The van der Waals surface area contributed by atoms with Crippen LogP contribution in [-0.4, -0.2) is 24.1 Å². The molecule has 0 aromatic rings. The van der Waals surface area contributed by atoms with E-state index in [2.05, 4.69) is 0 Å². The van der Waals surface area contributed by atoms with Gasteiger partial charge in [0, 0.05) is 0 Å². The fourth-order valence-electron chi connectivity index (χ4n) is 1.72. The molecule has 1 unspecified atom stereocenters. The largest absolute Gasteiger partial charge is 0.465 e. The lowest BCUT2D eigenvalue weighted by atomic mass is 9.87. The van der Waals surface area contributed by atoms with Gasteiger partial charge < -0.3 is 9.47 Å². The first kappa shape index (κ1) is 14.0. The lowest BCUT2D eigenvalue weighted by molar-refractivity contribution is -0.175. The molecular formula is C13H22O4. The second kappa shape index (κ2) is 4.67. The van der Waals surface area contributed by atoms with E-state index in [0.717, 1.165) is 0 Å². The van der Waals surface area contributed by atoms with Crippen LogP contribution in [0.3, 0.4) is 0 Å². The molecule has 4 heteroatoms. The number of esters is 2. The Morgan fingerprint density at radius 3 is 2.41 bits per heavy atom. The predicted molar refractivity (Wildman–Crippen MR) is 63.3 cm³/mol. The van der Waals surface area contributed by atoms with Crippen LogP contribution in [0.1, 0.15) is 47.5 Å². The standard InChI is InChI=1S/C13H22O4/c1-6-12(2,3)11(15)17-13(4,5)9-7-8-16-10(9)14/h9H,6-8H2,1-5H3. The molecule has 1 atom stereocenters. The van der Waals surface area contributed by atoms with Gasteiger partial charge in [0.05, 0.1) is 17.9 Å². The molecule has 1 aliphatic heterocycles.